The smallest absolute Gasteiger partial charge is 0.422 e. The number of aromatic carboxylic acids is 1. The van der Waals surface area contributed by atoms with Crippen LogP contribution in [0.2, 0.25) is 0 Å². The van der Waals surface area contributed by atoms with Gasteiger partial charge < -0.3 is 19.5 Å². The van der Waals surface area contributed by atoms with Gasteiger partial charge in [0.05, 0.1) is 13.2 Å². The Morgan fingerprint density at radius 2 is 2.05 bits per heavy atom. The zero-order valence-corrected chi connectivity index (χ0v) is 10.9. The number of ether oxygens (including phenoxy) is 2. The SMILES string of the molecule is O=C(O)c1ccc(OCC(F)(F)F)nc1N1CCOCC1. The monoisotopic (exact) mass is 306 g/mol. The molecule has 0 unspecified atom stereocenters. The van der Waals surface area contributed by atoms with Crippen LogP contribution in [0.3, 0.4) is 0 Å². The summed E-state index contributed by atoms with van der Waals surface area (Å²) in [6.45, 7) is 0.143. The summed E-state index contributed by atoms with van der Waals surface area (Å²) in [5.41, 5.74) is -0.0868. The Hall–Kier alpha value is -2.03. The van der Waals surface area contributed by atoms with E-state index in [2.05, 4.69) is 9.72 Å². The number of nitrogens with zero attached hydrogens (tertiary/aromatic N) is 2. The van der Waals surface area contributed by atoms with Gasteiger partial charge in [0, 0.05) is 19.2 Å². The van der Waals surface area contributed by atoms with Gasteiger partial charge in [0.15, 0.2) is 6.61 Å². The highest BCUT2D eigenvalue weighted by Gasteiger charge is 2.29. The van der Waals surface area contributed by atoms with Crippen molar-refractivity contribution in [2.75, 3.05) is 37.8 Å². The van der Waals surface area contributed by atoms with Crippen molar-refractivity contribution in [2.45, 2.75) is 6.18 Å². The predicted octanol–water partition coefficient (Wildman–Crippen LogP) is 1.56. The van der Waals surface area contributed by atoms with Crippen molar-refractivity contribution in [1.82, 2.24) is 4.98 Å². The number of carboxylic acid groups (broad SMARTS) is 1. The molecule has 6 nitrogen and oxygen atoms in total. The van der Waals surface area contributed by atoms with Crippen molar-refractivity contribution < 1.29 is 32.5 Å². The molecule has 21 heavy (non-hydrogen) atoms. The lowest BCUT2D eigenvalue weighted by Crippen LogP contribution is -2.37. The van der Waals surface area contributed by atoms with E-state index in [0.29, 0.717) is 26.3 Å². The van der Waals surface area contributed by atoms with Gasteiger partial charge in [0.25, 0.3) is 0 Å². The first-order chi connectivity index (χ1) is 9.87. The summed E-state index contributed by atoms with van der Waals surface area (Å²) in [6.07, 6.45) is -4.48. The topological polar surface area (TPSA) is 71.9 Å². The maximum absolute atomic E-state index is 12.1. The van der Waals surface area contributed by atoms with E-state index < -0.39 is 18.8 Å². The molecule has 1 fully saturated rings. The molecular formula is C12H13F3N2O4. The van der Waals surface area contributed by atoms with E-state index in [4.69, 9.17) is 9.84 Å². The summed E-state index contributed by atoms with van der Waals surface area (Å²) in [7, 11) is 0. The van der Waals surface area contributed by atoms with Crippen molar-refractivity contribution >= 4 is 11.8 Å². The number of carbonyl (C=O) groups is 1. The first-order valence-corrected chi connectivity index (χ1v) is 6.13. The summed E-state index contributed by atoms with van der Waals surface area (Å²) < 4.78 is 46.1. The van der Waals surface area contributed by atoms with Gasteiger partial charge in [-0.2, -0.15) is 18.2 Å². The zero-order chi connectivity index (χ0) is 15.5. The highest BCUT2D eigenvalue weighted by molar-refractivity contribution is 5.93. The molecule has 0 saturated carbocycles. The Balaban J connectivity index is 2.23. The standard InChI is InChI=1S/C12H13F3N2O4/c13-12(14,15)7-21-9-2-1-8(11(18)19)10(16-9)17-3-5-20-6-4-17/h1-2H,3-7H2,(H,18,19). The maximum Gasteiger partial charge on any atom is 0.422 e. The quantitative estimate of drug-likeness (QED) is 0.910. The first kappa shape index (κ1) is 15.4. The normalized spacial score (nSPS) is 15.9. The van der Waals surface area contributed by atoms with Crippen LogP contribution in [0, 0.1) is 0 Å². The van der Waals surface area contributed by atoms with Gasteiger partial charge in [-0.1, -0.05) is 0 Å². The number of morpholine rings is 1. The minimum absolute atomic E-state index is 0.0868. The Kier molecular flexibility index (Phi) is 4.51. The molecule has 0 amide bonds. The van der Waals surface area contributed by atoms with Gasteiger partial charge in [-0.25, -0.2) is 4.79 Å². The largest absolute Gasteiger partial charge is 0.478 e. The minimum Gasteiger partial charge on any atom is -0.478 e. The van der Waals surface area contributed by atoms with E-state index in [1.807, 2.05) is 0 Å². The van der Waals surface area contributed by atoms with Crippen molar-refractivity contribution in [2.24, 2.45) is 0 Å². The van der Waals surface area contributed by atoms with Crippen LogP contribution in [0.4, 0.5) is 19.0 Å². The van der Waals surface area contributed by atoms with Crippen LogP contribution < -0.4 is 9.64 Å². The summed E-state index contributed by atoms with van der Waals surface area (Å²) in [5.74, 6) is -1.38. The lowest BCUT2D eigenvalue weighted by Gasteiger charge is -2.29. The molecule has 9 heteroatoms. The van der Waals surface area contributed by atoms with Crippen molar-refractivity contribution in [3.8, 4) is 5.88 Å². The second-order valence-electron chi connectivity index (χ2n) is 4.33. The summed E-state index contributed by atoms with van der Waals surface area (Å²) in [5, 5.41) is 9.13. The lowest BCUT2D eigenvalue weighted by molar-refractivity contribution is -0.154. The van der Waals surface area contributed by atoms with Crippen LogP contribution in [0.5, 0.6) is 5.88 Å². The van der Waals surface area contributed by atoms with E-state index in [1.54, 1.807) is 4.90 Å². The van der Waals surface area contributed by atoms with Crippen LogP contribution in [0.25, 0.3) is 0 Å². The highest BCUT2D eigenvalue weighted by atomic mass is 19.4. The fraction of sp³-hybridized carbons (Fsp3) is 0.500. The Morgan fingerprint density at radius 3 is 2.62 bits per heavy atom. The number of aromatic nitrogens is 1. The molecule has 1 aliphatic rings. The molecule has 0 spiro atoms. The fourth-order valence-electron chi connectivity index (χ4n) is 1.85. The number of hydrogen-bond acceptors (Lipinski definition) is 5. The molecule has 0 aliphatic carbocycles. The van der Waals surface area contributed by atoms with Gasteiger partial charge in [-0.15, -0.1) is 0 Å². The number of pyridine rings is 1. The maximum atomic E-state index is 12.1. The first-order valence-electron chi connectivity index (χ1n) is 6.13. The number of rotatable bonds is 4. The summed E-state index contributed by atoms with van der Waals surface area (Å²) in [4.78, 5) is 16.7. The summed E-state index contributed by atoms with van der Waals surface area (Å²) in [6, 6.07) is 2.30. The van der Waals surface area contributed by atoms with Gasteiger partial charge in [0.2, 0.25) is 5.88 Å². The Labute approximate surface area is 118 Å². The van der Waals surface area contributed by atoms with E-state index in [9.17, 15) is 18.0 Å². The molecule has 1 saturated heterocycles. The van der Waals surface area contributed by atoms with Crippen LogP contribution in [-0.4, -0.2) is 55.1 Å². The fourth-order valence-corrected chi connectivity index (χ4v) is 1.85. The molecule has 0 bridgehead atoms. The predicted molar refractivity (Wildman–Crippen MR) is 65.8 cm³/mol. The van der Waals surface area contributed by atoms with Gasteiger partial charge >= 0.3 is 12.1 Å². The number of halogens is 3. The molecule has 1 aliphatic heterocycles. The molecule has 2 rings (SSSR count). The number of anilines is 1. The minimum atomic E-state index is -4.48. The average Bonchev–Trinajstić information content (AvgIpc) is 2.45. The molecule has 0 aromatic carbocycles. The number of alkyl halides is 3. The van der Waals surface area contributed by atoms with Crippen molar-refractivity contribution in [1.29, 1.82) is 0 Å². The van der Waals surface area contributed by atoms with Gasteiger partial charge in [0.1, 0.15) is 11.4 Å². The van der Waals surface area contributed by atoms with Crippen molar-refractivity contribution in [3.05, 3.63) is 17.7 Å². The highest BCUT2D eigenvalue weighted by Crippen LogP contribution is 2.24. The van der Waals surface area contributed by atoms with Crippen molar-refractivity contribution in [3.63, 3.8) is 0 Å². The molecule has 0 atom stereocenters. The van der Waals surface area contributed by atoms with E-state index >= 15 is 0 Å². The third kappa shape index (κ3) is 4.22. The zero-order valence-electron chi connectivity index (χ0n) is 10.9. The van der Waals surface area contributed by atoms with Crippen LogP contribution in [0.1, 0.15) is 10.4 Å². The average molecular weight is 306 g/mol. The van der Waals surface area contributed by atoms with E-state index in [1.165, 1.54) is 6.07 Å². The van der Waals surface area contributed by atoms with Crippen LogP contribution in [0.15, 0.2) is 12.1 Å². The second-order valence-corrected chi connectivity index (χ2v) is 4.33. The summed E-state index contributed by atoms with van der Waals surface area (Å²) >= 11 is 0. The molecule has 116 valence electrons. The van der Waals surface area contributed by atoms with E-state index in [-0.39, 0.29) is 17.3 Å². The van der Waals surface area contributed by atoms with Gasteiger partial charge in [-0.3, -0.25) is 0 Å². The molecule has 0 radical (unpaired) electrons. The third-order valence-electron chi connectivity index (χ3n) is 2.77. The molecule has 1 aromatic rings. The molecular weight excluding hydrogens is 293 g/mol. The van der Waals surface area contributed by atoms with Crippen LogP contribution in [-0.2, 0) is 4.74 Å². The molecule has 1 N–H and O–H groups in total. The number of carboxylic acids is 1. The molecule has 1 aromatic heterocycles. The van der Waals surface area contributed by atoms with E-state index in [0.717, 1.165) is 6.07 Å². The Bertz CT molecular complexity index is 516. The van der Waals surface area contributed by atoms with Crippen LogP contribution >= 0.6 is 0 Å². The Morgan fingerprint density at radius 1 is 1.38 bits per heavy atom. The molecule has 2 heterocycles. The second kappa shape index (κ2) is 6.17. The third-order valence-corrected chi connectivity index (χ3v) is 2.77. The van der Waals surface area contributed by atoms with Gasteiger partial charge in [-0.05, 0) is 6.07 Å². The lowest BCUT2D eigenvalue weighted by atomic mass is 10.2. The number of hydrogen-bond donors (Lipinski definition) is 1.